The Kier molecular flexibility index (Phi) is 4.79. The third kappa shape index (κ3) is 3.24. The maximum Gasteiger partial charge on any atom is 0.267 e. The first kappa shape index (κ1) is 20.2. The lowest BCUT2D eigenvalue weighted by Gasteiger charge is -2.47. The molecule has 3 aliphatic rings. The monoisotopic (exact) mass is 451 g/mol. The molecule has 1 spiro atoms. The number of likely N-dealkylation sites (tertiary alicyclic amines) is 1. The lowest BCUT2D eigenvalue weighted by molar-refractivity contribution is -0.231. The van der Waals surface area contributed by atoms with Crippen molar-refractivity contribution in [1.29, 1.82) is 0 Å². The highest BCUT2D eigenvalue weighted by Crippen LogP contribution is 2.40. The minimum Gasteiger partial charge on any atom is -0.462 e. The summed E-state index contributed by atoms with van der Waals surface area (Å²) < 4.78 is 14.3. The Labute approximate surface area is 191 Å². The smallest absolute Gasteiger partial charge is 0.267 e. The van der Waals surface area contributed by atoms with Gasteiger partial charge in [-0.3, -0.25) is 14.3 Å². The van der Waals surface area contributed by atoms with E-state index in [1.807, 2.05) is 31.2 Å². The molecule has 1 saturated heterocycles. The molecular weight excluding hydrogens is 426 g/mol. The predicted molar refractivity (Wildman–Crippen MR) is 124 cm³/mol. The first-order valence-electron chi connectivity index (χ1n) is 11.4. The maximum absolute atomic E-state index is 13.3. The van der Waals surface area contributed by atoms with Crippen LogP contribution < -0.4 is 10.3 Å². The molecule has 1 aromatic heterocycles. The van der Waals surface area contributed by atoms with Crippen molar-refractivity contribution < 1.29 is 9.47 Å². The first-order valence-corrected chi connectivity index (χ1v) is 11.8. The van der Waals surface area contributed by atoms with E-state index in [1.54, 1.807) is 16.7 Å². The van der Waals surface area contributed by atoms with E-state index in [2.05, 4.69) is 9.88 Å². The van der Waals surface area contributed by atoms with Gasteiger partial charge in [0.25, 0.3) is 5.56 Å². The van der Waals surface area contributed by atoms with E-state index in [1.165, 1.54) is 19.3 Å². The van der Waals surface area contributed by atoms with Crippen LogP contribution >= 0.6 is 11.6 Å². The summed E-state index contributed by atoms with van der Waals surface area (Å²) >= 11 is 6.32. The topological polar surface area (TPSA) is 56.6 Å². The van der Waals surface area contributed by atoms with Crippen LogP contribution in [0.4, 0.5) is 0 Å². The number of rotatable bonds is 2. The van der Waals surface area contributed by atoms with Gasteiger partial charge >= 0.3 is 0 Å². The second kappa shape index (κ2) is 7.58. The third-order valence-electron chi connectivity index (χ3n) is 7.25. The van der Waals surface area contributed by atoms with Gasteiger partial charge in [-0.25, -0.2) is 4.98 Å². The van der Waals surface area contributed by atoms with Gasteiger partial charge in [-0.2, -0.15) is 0 Å². The second-order valence-corrected chi connectivity index (χ2v) is 9.55. The van der Waals surface area contributed by atoms with Crippen molar-refractivity contribution in [3.8, 4) is 11.4 Å². The summed E-state index contributed by atoms with van der Waals surface area (Å²) in [4.78, 5) is 20.5. The molecule has 2 fully saturated rings. The van der Waals surface area contributed by atoms with Gasteiger partial charge in [0.15, 0.2) is 0 Å². The van der Waals surface area contributed by atoms with Gasteiger partial charge in [0, 0.05) is 37.5 Å². The van der Waals surface area contributed by atoms with Gasteiger partial charge in [-0.05, 0) is 50.1 Å². The molecule has 0 amide bonds. The van der Waals surface area contributed by atoms with Crippen molar-refractivity contribution in [2.24, 2.45) is 0 Å². The zero-order valence-electron chi connectivity index (χ0n) is 18.1. The highest BCUT2D eigenvalue weighted by Gasteiger charge is 2.42. The molecule has 0 radical (unpaired) electrons. The van der Waals surface area contributed by atoms with E-state index in [0.717, 1.165) is 49.0 Å². The summed E-state index contributed by atoms with van der Waals surface area (Å²) in [7, 11) is 0. The Bertz CT molecular complexity index is 1260. The molecule has 7 heteroatoms. The van der Waals surface area contributed by atoms with E-state index in [0.29, 0.717) is 28.4 Å². The quantitative estimate of drug-likeness (QED) is 0.570. The Morgan fingerprint density at radius 2 is 1.97 bits per heavy atom. The lowest BCUT2D eigenvalue weighted by atomic mass is 9.89. The standard InChI is InChI=1S/C25H26ClN3O3/c1-16-27-21-7-3-6-20(26)23(21)24(30)29(16)19-8-9-22-17(14-19)15-31-25(32-22)10-12-28(13-11-25)18-4-2-5-18/h3,6-9,14,18H,2,4-5,10-13,15H2,1H3. The fraction of sp³-hybridized carbons (Fsp3) is 0.440. The molecule has 0 bridgehead atoms. The summed E-state index contributed by atoms with van der Waals surface area (Å²) in [6, 6.07) is 11.9. The molecule has 6 nitrogen and oxygen atoms in total. The molecule has 32 heavy (non-hydrogen) atoms. The van der Waals surface area contributed by atoms with Crippen LogP contribution in [0.1, 0.15) is 43.5 Å². The maximum atomic E-state index is 13.3. The molecule has 2 aromatic carbocycles. The molecule has 0 atom stereocenters. The molecule has 2 aliphatic heterocycles. The number of benzene rings is 2. The van der Waals surface area contributed by atoms with Gasteiger partial charge in [-0.1, -0.05) is 24.1 Å². The number of nitrogens with zero attached hydrogens (tertiary/aromatic N) is 3. The molecule has 0 N–H and O–H groups in total. The SMILES string of the molecule is Cc1nc2cccc(Cl)c2c(=O)n1-c1ccc2c(c1)COC1(CCN(C3CCC3)CC1)O2. The Morgan fingerprint density at radius 1 is 1.16 bits per heavy atom. The van der Waals surface area contributed by atoms with Gasteiger partial charge in [0.1, 0.15) is 11.6 Å². The Morgan fingerprint density at radius 3 is 2.72 bits per heavy atom. The third-order valence-corrected chi connectivity index (χ3v) is 7.57. The van der Waals surface area contributed by atoms with Crippen LogP contribution in [0.15, 0.2) is 41.2 Å². The molecular formula is C25H26ClN3O3. The summed E-state index contributed by atoms with van der Waals surface area (Å²) in [6.45, 7) is 4.35. The number of halogens is 1. The van der Waals surface area contributed by atoms with Gasteiger partial charge in [0.2, 0.25) is 5.79 Å². The van der Waals surface area contributed by atoms with Crippen molar-refractivity contribution in [2.45, 2.75) is 57.5 Å². The fourth-order valence-corrected chi connectivity index (χ4v) is 5.44. The number of aryl methyl sites for hydroxylation is 1. The molecule has 3 aromatic rings. The van der Waals surface area contributed by atoms with Crippen LogP contribution in [0.3, 0.4) is 0 Å². The molecule has 166 valence electrons. The zero-order valence-corrected chi connectivity index (χ0v) is 18.9. The van der Waals surface area contributed by atoms with Crippen LogP contribution in [0.2, 0.25) is 5.02 Å². The van der Waals surface area contributed by atoms with Crippen molar-refractivity contribution >= 4 is 22.5 Å². The lowest BCUT2D eigenvalue weighted by Crippen LogP contribution is -2.54. The van der Waals surface area contributed by atoms with Gasteiger partial charge in [0.05, 0.1) is 28.2 Å². The molecule has 6 rings (SSSR count). The van der Waals surface area contributed by atoms with Crippen LogP contribution in [0.5, 0.6) is 5.75 Å². The average molecular weight is 452 g/mol. The number of ether oxygens (including phenoxy) is 2. The predicted octanol–water partition coefficient (Wildman–Crippen LogP) is 4.60. The van der Waals surface area contributed by atoms with Crippen molar-refractivity contribution in [3.63, 3.8) is 0 Å². The summed E-state index contributed by atoms with van der Waals surface area (Å²) in [6.07, 6.45) is 5.78. The zero-order chi connectivity index (χ0) is 21.9. The van der Waals surface area contributed by atoms with E-state index in [9.17, 15) is 4.79 Å². The summed E-state index contributed by atoms with van der Waals surface area (Å²) in [5.74, 6) is 0.927. The summed E-state index contributed by atoms with van der Waals surface area (Å²) in [5, 5.41) is 0.843. The number of hydrogen-bond donors (Lipinski definition) is 0. The van der Waals surface area contributed by atoms with Crippen molar-refractivity contribution in [3.05, 3.63) is 63.2 Å². The Hall–Kier alpha value is -2.41. The first-order chi connectivity index (χ1) is 15.5. The largest absolute Gasteiger partial charge is 0.462 e. The fourth-order valence-electron chi connectivity index (χ4n) is 5.19. The van der Waals surface area contributed by atoms with Crippen LogP contribution in [-0.2, 0) is 11.3 Å². The van der Waals surface area contributed by atoms with Crippen molar-refractivity contribution in [1.82, 2.24) is 14.5 Å². The Balaban J connectivity index is 1.30. The van der Waals surface area contributed by atoms with Crippen LogP contribution in [0.25, 0.3) is 16.6 Å². The number of aromatic nitrogens is 2. The van der Waals surface area contributed by atoms with E-state index < -0.39 is 5.79 Å². The second-order valence-electron chi connectivity index (χ2n) is 9.15. The minimum absolute atomic E-state index is 0.171. The number of hydrogen-bond acceptors (Lipinski definition) is 5. The number of piperidine rings is 1. The van der Waals surface area contributed by atoms with E-state index in [-0.39, 0.29) is 5.56 Å². The van der Waals surface area contributed by atoms with Gasteiger partial charge in [-0.15, -0.1) is 0 Å². The van der Waals surface area contributed by atoms with Crippen LogP contribution in [0, 0.1) is 6.92 Å². The summed E-state index contributed by atoms with van der Waals surface area (Å²) in [5.41, 5.74) is 2.12. The highest BCUT2D eigenvalue weighted by atomic mass is 35.5. The van der Waals surface area contributed by atoms with Crippen LogP contribution in [-0.4, -0.2) is 39.4 Å². The molecule has 0 unspecified atom stereocenters. The average Bonchev–Trinajstić information content (AvgIpc) is 2.74. The number of fused-ring (bicyclic) bond motifs is 2. The normalized spacial score (nSPS) is 20.7. The molecule has 1 saturated carbocycles. The highest BCUT2D eigenvalue weighted by molar-refractivity contribution is 6.35. The van der Waals surface area contributed by atoms with E-state index in [4.69, 9.17) is 21.1 Å². The van der Waals surface area contributed by atoms with Gasteiger partial charge < -0.3 is 9.47 Å². The van der Waals surface area contributed by atoms with E-state index >= 15 is 0 Å². The molecule has 1 aliphatic carbocycles. The van der Waals surface area contributed by atoms with Crippen molar-refractivity contribution in [2.75, 3.05) is 13.1 Å². The molecule has 3 heterocycles. The minimum atomic E-state index is -0.528.